The Balaban J connectivity index is 1.76. The molecule has 2 nitrogen and oxygen atoms in total. The third-order valence-electron chi connectivity index (χ3n) is 4.53. The first-order valence-electron chi connectivity index (χ1n) is 7.74. The molecule has 0 amide bonds. The van der Waals surface area contributed by atoms with Crippen molar-refractivity contribution in [3.05, 3.63) is 48.0 Å². The summed E-state index contributed by atoms with van der Waals surface area (Å²) >= 11 is 0. The molecule has 1 aliphatic heterocycles. The van der Waals surface area contributed by atoms with Crippen molar-refractivity contribution in [1.29, 1.82) is 0 Å². The van der Waals surface area contributed by atoms with E-state index in [2.05, 4.69) is 66.7 Å². The fourth-order valence-corrected chi connectivity index (χ4v) is 3.36. The Bertz CT molecular complexity index is 563. The molecule has 0 saturated carbocycles. The number of rotatable bonds is 3. The van der Waals surface area contributed by atoms with E-state index in [0.717, 1.165) is 6.54 Å². The molecular weight excluding hydrogens is 244 g/mol. The SMILES string of the molecule is CC1CCCC(C)N1NCc1cccc2ccccc12. The van der Waals surface area contributed by atoms with Crippen LogP contribution in [-0.2, 0) is 6.54 Å². The summed E-state index contributed by atoms with van der Waals surface area (Å²) in [6.45, 7) is 5.56. The second-order valence-corrected chi connectivity index (χ2v) is 6.01. The first-order chi connectivity index (χ1) is 9.75. The van der Waals surface area contributed by atoms with Crippen LogP contribution in [0.15, 0.2) is 42.5 Å². The van der Waals surface area contributed by atoms with Gasteiger partial charge in [-0.15, -0.1) is 0 Å². The van der Waals surface area contributed by atoms with Crippen LogP contribution in [0.2, 0.25) is 0 Å². The van der Waals surface area contributed by atoms with E-state index < -0.39 is 0 Å². The summed E-state index contributed by atoms with van der Waals surface area (Å²) in [5.41, 5.74) is 5.05. The van der Waals surface area contributed by atoms with Crippen molar-refractivity contribution in [3.63, 3.8) is 0 Å². The molecule has 1 heterocycles. The summed E-state index contributed by atoms with van der Waals surface area (Å²) in [6.07, 6.45) is 3.95. The van der Waals surface area contributed by atoms with E-state index in [0.29, 0.717) is 12.1 Å². The molecular formula is C18H24N2. The second-order valence-electron chi connectivity index (χ2n) is 6.01. The monoisotopic (exact) mass is 268 g/mol. The van der Waals surface area contributed by atoms with Gasteiger partial charge in [0, 0.05) is 18.6 Å². The van der Waals surface area contributed by atoms with E-state index in [1.54, 1.807) is 0 Å². The maximum atomic E-state index is 3.66. The highest BCUT2D eigenvalue weighted by atomic mass is 15.5. The molecule has 2 atom stereocenters. The average molecular weight is 268 g/mol. The summed E-state index contributed by atoms with van der Waals surface area (Å²) in [7, 11) is 0. The molecule has 1 fully saturated rings. The van der Waals surface area contributed by atoms with Gasteiger partial charge in [-0.3, -0.25) is 5.43 Å². The molecule has 2 unspecified atom stereocenters. The van der Waals surface area contributed by atoms with Gasteiger partial charge in [-0.1, -0.05) is 48.9 Å². The molecule has 3 rings (SSSR count). The Morgan fingerprint density at radius 1 is 1.00 bits per heavy atom. The number of nitrogens with zero attached hydrogens (tertiary/aromatic N) is 1. The van der Waals surface area contributed by atoms with Crippen LogP contribution in [0.4, 0.5) is 0 Å². The lowest BCUT2D eigenvalue weighted by Gasteiger charge is -2.39. The summed E-state index contributed by atoms with van der Waals surface area (Å²) in [6, 6.07) is 16.5. The average Bonchev–Trinajstić information content (AvgIpc) is 2.47. The van der Waals surface area contributed by atoms with Gasteiger partial charge >= 0.3 is 0 Å². The highest BCUT2D eigenvalue weighted by molar-refractivity contribution is 5.85. The highest BCUT2D eigenvalue weighted by Gasteiger charge is 2.24. The smallest absolute Gasteiger partial charge is 0.0359 e. The van der Waals surface area contributed by atoms with Crippen molar-refractivity contribution in [2.24, 2.45) is 0 Å². The predicted octanol–water partition coefficient (Wildman–Crippen LogP) is 4.11. The van der Waals surface area contributed by atoms with E-state index in [-0.39, 0.29) is 0 Å². The summed E-state index contributed by atoms with van der Waals surface area (Å²) < 4.78 is 0. The Hall–Kier alpha value is -1.38. The van der Waals surface area contributed by atoms with Crippen LogP contribution in [0.25, 0.3) is 10.8 Å². The van der Waals surface area contributed by atoms with Crippen molar-refractivity contribution in [3.8, 4) is 0 Å². The zero-order valence-electron chi connectivity index (χ0n) is 12.5. The van der Waals surface area contributed by atoms with Crippen molar-refractivity contribution in [2.75, 3.05) is 0 Å². The minimum absolute atomic E-state index is 0.633. The molecule has 0 radical (unpaired) electrons. The molecule has 2 aromatic carbocycles. The maximum Gasteiger partial charge on any atom is 0.0359 e. The number of hydrogen-bond acceptors (Lipinski definition) is 2. The van der Waals surface area contributed by atoms with E-state index in [1.165, 1.54) is 35.6 Å². The number of hydrogen-bond donors (Lipinski definition) is 1. The van der Waals surface area contributed by atoms with Crippen LogP contribution in [0.3, 0.4) is 0 Å². The third-order valence-corrected chi connectivity index (χ3v) is 4.53. The zero-order chi connectivity index (χ0) is 13.9. The van der Waals surface area contributed by atoms with Crippen molar-refractivity contribution in [2.45, 2.75) is 51.7 Å². The van der Waals surface area contributed by atoms with Crippen LogP contribution >= 0.6 is 0 Å². The normalized spacial score (nSPS) is 24.1. The molecule has 1 N–H and O–H groups in total. The van der Waals surface area contributed by atoms with Gasteiger partial charge in [0.15, 0.2) is 0 Å². The molecule has 0 bridgehead atoms. The van der Waals surface area contributed by atoms with Crippen LogP contribution in [0.5, 0.6) is 0 Å². The summed E-state index contributed by atoms with van der Waals surface area (Å²) in [4.78, 5) is 0. The number of nitrogens with one attached hydrogen (secondary N) is 1. The molecule has 2 aromatic rings. The Morgan fingerprint density at radius 2 is 1.70 bits per heavy atom. The minimum atomic E-state index is 0.633. The zero-order valence-corrected chi connectivity index (χ0v) is 12.5. The van der Waals surface area contributed by atoms with E-state index >= 15 is 0 Å². The highest BCUT2D eigenvalue weighted by Crippen LogP contribution is 2.22. The molecule has 1 aliphatic rings. The second kappa shape index (κ2) is 5.94. The van der Waals surface area contributed by atoms with Gasteiger partial charge in [0.2, 0.25) is 0 Å². The molecule has 1 saturated heterocycles. The van der Waals surface area contributed by atoms with Gasteiger partial charge < -0.3 is 0 Å². The van der Waals surface area contributed by atoms with Gasteiger partial charge in [-0.25, -0.2) is 5.01 Å². The first-order valence-corrected chi connectivity index (χ1v) is 7.74. The standard InChI is InChI=1S/C18H24N2/c1-14-7-5-8-15(2)20(14)19-13-17-11-6-10-16-9-3-4-12-18(16)17/h3-4,6,9-12,14-15,19H,5,7-8,13H2,1-2H3. The van der Waals surface area contributed by atoms with Gasteiger partial charge in [0.25, 0.3) is 0 Å². The van der Waals surface area contributed by atoms with Crippen molar-refractivity contribution >= 4 is 10.8 Å². The van der Waals surface area contributed by atoms with E-state index in [1.807, 2.05) is 0 Å². The third kappa shape index (κ3) is 2.72. The number of hydrazine groups is 1. The summed E-state index contributed by atoms with van der Waals surface area (Å²) in [5, 5.41) is 5.14. The maximum absolute atomic E-state index is 3.66. The topological polar surface area (TPSA) is 15.3 Å². The largest absolute Gasteiger partial charge is 0.250 e. The lowest BCUT2D eigenvalue weighted by atomic mass is 9.99. The van der Waals surface area contributed by atoms with E-state index in [9.17, 15) is 0 Å². The first kappa shape index (κ1) is 13.6. The fraction of sp³-hybridized carbons (Fsp3) is 0.444. The Morgan fingerprint density at radius 3 is 2.50 bits per heavy atom. The number of fused-ring (bicyclic) bond motifs is 1. The lowest BCUT2D eigenvalue weighted by molar-refractivity contribution is 0.0437. The lowest BCUT2D eigenvalue weighted by Crippen LogP contribution is -2.51. The van der Waals surface area contributed by atoms with Gasteiger partial charge in [0.1, 0.15) is 0 Å². The van der Waals surface area contributed by atoms with Crippen LogP contribution in [-0.4, -0.2) is 17.1 Å². The van der Waals surface area contributed by atoms with E-state index in [4.69, 9.17) is 0 Å². The predicted molar refractivity (Wildman–Crippen MR) is 85.4 cm³/mol. The van der Waals surface area contributed by atoms with Crippen LogP contribution in [0.1, 0.15) is 38.7 Å². The van der Waals surface area contributed by atoms with Crippen molar-refractivity contribution in [1.82, 2.24) is 10.4 Å². The Kier molecular flexibility index (Phi) is 4.04. The van der Waals surface area contributed by atoms with Crippen LogP contribution in [0, 0.1) is 0 Å². The molecule has 0 aliphatic carbocycles. The quantitative estimate of drug-likeness (QED) is 0.901. The van der Waals surface area contributed by atoms with Crippen molar-refractivity contribution < 1.29 is 0 Å². The molecule has 0 aromatic heterocycles. The Labute approximate surface area is 121 Å². The molecule has 106 valence electrons. The summed E-state index contributed by atoms with van der Waals surface area (Å²) in [5.74, 6) is 0. The van der Waals surface area contributed by atoms with Gasteiger partial charge in [0.05, 0.1) is 0 Å². The van der Waals surface area contributed by atoms with Gasteiger partial charge in [-0.2, -0.15) is 0 Å². The number of piperidine rings is 1. The molecule has 2 heteroatoms. The van der Waals surface area contributed by atoms with Crippen LogP contribution < -0.4 is 5.43 Å². The minimum Gasteiger partial charge on any atom is -0.250 e. The fourth-order valence-electron chi connectivity index (χ4n) is 3.36. The number of benzene rings is 2. The van der Waals surface area contributed by atoms with Gasteiger partial charge in [-0.05, 0) is 43.0 Å². The molecule has 20 heavy (non-hydrogen) atoms. The molecule has 0 spiro atoms.